The van der Waals surface area contributed by atoms with Crippen LogP contribution in [0.2, 0.25) is 5.02 Å². The number of aromatic nitrogens is 1. The van der Waals surface area contributed by atoms with Gasteiger partial charge in [-0.05, 0) is 18.2 Å². The van der Waals surface area contributed by atoms with Crippen LogP contribution in [0.5, 0.6) is 5.75 Å². The molecule has 1 N–H and O–H groups in total. The molecule has 0 aliphatic carbocycles. The fourth-order valence-corrected chi connectivity index (χ4v) is 1.66. The second kappa shape index (κ2) is 4.37. The number of benzene rings is 1. The molecule has 0 aliphatic heterocycles. The second-order valence-corrected chi connectivity index (χ2v) is 3.53. The molecule has 0 aliphatic rings. The van der Waals surface area contributed by atoms with Gasteiger partial charge in [0.05, 0.1) is 15.9 Å². The molecule has 0 spiro atoms. The van der Waals surface area contributed by atoms with Gasteiger partial charge in [0.1, 0.15) is 5.75 Å². The summed E-state index contributed by atoms with van der Waals surface area (Å²) >= 11 is 6.01. The molecular formula is C11H8ClNO3. The molecule has 1 aromatic heterocycles. The molecule has 0 amide bonds. The van der Waals surface area contributed by atoms with E-state index in [1.165, 1.54) is 0 Å². The van der Waals surface area contributed by atoms with Crippen molar-refractivity contribution < 1.29 is 14.6 Å². The smallest absolute Gasteiger partial charge is 0.341 e. The Balaban J connectivity index is 2.48. The second-order valence-electron chi connectivity index (χ2n) is 3.13. The van der Waals surface area contributed by atoms with Crippen molar-refractivity contribution in [3.63, 3.8) is 0 Å². The molecule has 0 atom stereocenters. The van der Waals surface area contributed by atoms with Crippen molar-refractivity contribution in [1.29, 1.82) is 0 Å². The summed E-state index contributed by atoms with van der Waals surface area (Å²) in [6.07, 6.45) is 1.55. The number of nitrogens with zero attached hydrogens (tertiary/aromatic N) is 1. The van der Waals surface area contributed by atoms with E-state index in [0.29, 0.717) is 21.7 Å². The zero-order valence-electron chi connectivity index (χ0n) is 8.18. The SMILES string of the molecule is O=C(O)COc1ccnc2cccc(Cl)c12. The Bertz CT molecular complexity index is 536. The van der Waals surface area contributed by atoms with E-state index in [0.717, 1.165) is 0 Å². The molecule has 0 saturated heterocycles. The van der Waals surface area contributed by atoms with Crippen molar-refractivity contribution in [2.45, 2.75) is 0 Å². The fraction of sp³-hybridized carbons (Fsp3) is 0.0909. The highest BCUT2D eigenvalue weighted by Crippen LogP contribution is 2.30. The lowest BCUT2D eigenvalue weighted by atomic mass is 10.2. The molecule has 16 heavy (non-hydrogen) atoms. The zero-order chi connectivity index (χ0) is 11.5. The Morgan fingerprint density at radius 3 is 3.00 bits per heavy atom. The highest BCUT2D eigenvalue weighted by atomic mass is 35.5. The molecule has 2 rings (SSSR count). The maximum Gasteiger partial charge on any atom is 0.341 e. The lowest BCUT2D eigenvalue weighted by Gasteiger charge is -2.07. The topological polar surface area (TPSA) is 59.4 Å². The van der Waals surface area contributed by atoms with Gasteiger partial charge >= 0.3 is 5.97 Å². The number of pyridine rings is 1. The molecule has 0 saturated carbocycles. The summed E-state index contributed by atoms with van der Waals surface area (Å²) in [5.41, 5.74) is 0.676. The van der Waals surface area contributed by atoms with Crippen LogP contribution in [0.15, 0.2) is 30.5 Å². The van der Waals surface area contributed by atoms with Gasteiger partial charge in [0.2, 0.25) is 0 Å². The number of carboxylic acid groups (broad SMARTS) is 1. The fourth-order valence-electron chi connectivity index (χ4n) is 1.39. The van der Waals surface area contributed by atoms with E-state index in [9.17, 15) is 4.79 Å². The van der Waals surface area contributed by atoms with Gasteiger partial charge in [-0.25, -0.2) is 4.79 Å². The van der Waals surface area contributed by atoms with Crippen LogP contribution in [0.4, 0.5) is 0 Å². The number of aliphatic carboxylic acids is 1. The molecule has 82 valence electrons. The third-order valence-electron chi connectivity index (χ3n) is 2.03. The van der Waals surface area contributed by atoms with Gasteiger partial charge in [0.15, 0.2) is 6.61 Å². The first-order chi connectivity index (χ1) is 7.68. The third-order valence-corrected chi connectivity index (χ3v) is 2.34. The Kier molecular flexibility index (Phi) is 2.92. The summed E-state index contributed by atoms with van der Waals surface area (Å²) in [6, 6.07) is 6.86. The average Bonchev–Trinajstić information content (AvgIpc) is 2.26. The Labute approximate surface area is 96.4 Å². The molecule has 0 fully saturated rings. The van der Waals surface area contributed by atoms with E-state index in [4.69, 9.17) is 21.4 Å². The minimum Gasteiger partial charge on any atom is -0.481 e. The Morgan fingerprint density at radius 1 is 1.44 bits per heavy atom. The summed E-state index contributed by atoms with van der Waals surface area (Å²) in [4.78, 5) is 14.5. The minimum atomic E-state index is -1.03. The quantitative estimate of drug-likeness (QED) is 0.890. The molecule has 1 heterocycles. The maximum atomic E-state index is 10.4. The van der Waals surface area contributed by atoms with Crippen molar-refractivity contribution in [2.24, 2.45) is 0 Å². The van der Waals surface area contributed by atoms with E-state index in [-0.39, 0.29) is 0 Å². The lowest BCUT2D eigenvalue weighted by molar-refractivity contribution is -0.139. The summed E-state index contributed by atoms with van der Waals surface area (Å²) in [5.74, 6) is -0.602. The van der Waals surface area contributed by atoms with Crippen LogP contribution in [0.25, 0.3) is 10.9 Å². The number of halogens is 1. The standard InChI is InChI=1S/C11H8ClNO3/c12-7-2-1-3-8-11(7)9(4-5-13-8)16-6-10(14)15/h1-5H,6H2,(H,14,15). The van der Waals surface area contributed by atoms with Gasteiger partial charge in [-0.1, -0.05) is 17.7 Å². The first kappa shape index (κ1) is 10.7. The van der Waals surface area contributed by atoms with Gasteiger partial charge in [0, 0.05) is 6.20 Å². The van der Waals surface area contributed by atoms with Gasteiger partial charge in [-0.2, -0.15) is 0 Å². The molecule has 2 aromatic rings. The number of hydrogen-bond acceptors (Lipinski definition) is 3. The van der Waals surface area contributed by atoms with E-state index in [1.807, 2.05) is 0 Å². The number of rotatable bonds is 3. The van der Waals surface area contributed by atoms with Crippen molar-refractivity contribution in [3.05, 3.63) is 35.5 Å². The highest BCUT2D eigenvalue weighted by molar-refractivity contribution is 6.35. The summed E-state index contributed by atoms with van der Waals surface area (Å²) in [6.45, 7) is -0.398. The van der Waals surface area contributed by atoms with Crippen LogP contribution in [0.3, 0.4) is 0 Å². The number of hydrogen-bond donors (Lipinski definition) is 1. The predicted octanol–water partition coefficient (Wildman–Crippen LogP) is 2.35. The third kappa shape index (κ3) is 2.06. The maximum absolute atomic E-state index is 10.4. The van der Waals surface area contributed by atoms with Crippen molar-refractivity contribution >= 4 is 28.5 Å². The predicted molar refractivity (Wildman–Crippen MR) is 59.9 cm³/mol. The minimum absolute atomic E-state index is 0.398. The van der Waals surface area contributed by atoms with E-state index in [1.54, 1.807) is 30.5 Å². The number of carboxylic acids is 1. The summed E-state index contributed by atoms with van der Waals surface area (Å²) in [7, 11) is 0. The monoisotopic (exact) mass is 237 g/mol. The van der Waals surface area contributed by atoms with Gasteiger partial charge in [0.25, 0.3) is 0 Å². The molecule has 0 radical (unpaired) electrons. The van der Waals surface area contributed by atoms with Crippen LogP contribution < -0.4 is 4.74 Å². The Hall–Kier alpha value is -1.81. The lowest BCUT2D eigenvalue weighted by Crippen LogP contribution is -2.09. The van der Waals surface area contributed by atoms with E-state index in [2.05, 4.69) is 4.98 Å². The molecular weight excluding hydrogens is 230 g/mol. The van der Waals surface area contributed by atoms with E-state index >= 15 is 0 Å². The van der Waals surface area contributed by atoms with Crippen LogP contribution in [-0.2, 0) is 4.79 Å². The summed E-state index contributed by atoms with van der Waals surface area (Å²) < 4.78 is 5.14. The van der Waals surface area contributed by atoms with Crippen LogP contribution in [0.1, 0.15) is 0 Å². The van der Waals surface area contributed by atoms with Crippen LogP contribution >= 0.6 is 11.6 Å². The van der Waals surface area contributed by atoms with Gasteiger partial charge < -0.3 is 9.84 Å². The first-order valence-electron chi connectivity index (χ1n) is 4.56. The van der Waals surface area contributed by atoms with E-state index < -0.39 is 12.6 Å². The molecule has 0 unspecified atom stereocenters. The van der Waals surface area contributed by atoms with Crippen molar-refractivity contribution in [3.8, 4) is 5.75 Å². The van der Waals surface area contributed by atoms with Crippen LogP contribution in [-0.4, -0.2) is 22.7 Å². The zero-order valence-corrected chi connectivity index (χ0v) is 8.94. The number of ether oxygens (including phenoxy) is 1. The molecule has 4 nitrogen and oxygen atoms in total. The van der Waals surface area contributed by atoms with Gasteiger partial charge in [-0.15, -0.1) is 0 Å². The largest absolute Gasteiger partial charge is 0.481 e. The normalized spacial score (nSPS) is 10.3. The molecule has 1 aromatic carbocycles. The average molecular weight is 238 g/mol. The number of fused-ring (bicyclic) bond motifs is 1. The number of carbonyl (C=O) groups is 1. The van der Waals surface area contributed by atoms with Crippen LogP contribution in [0, 0.1) is 0 Å². The van der Waals surface area contributed by atoms with Gasteiger partial charge in [-0.3, -0.25) is 4.98 Å². The molecule has 0 bridgehead atoms. The summed E-state index contributed by atoms with van der Waals surface area (Å²) in [5, 5.41) is 9.67. The van der Waals surface area contributed by atoms with Crippen molar-refractivity contribution in [1.82, 2.24) is 4.98 Å². The highest BCUT2D eigenvalue weighted by Gasteiger charge is 2.08. The van der Waals surface area contributed by atoms with Crippen molar-refractivity contribution in [2.75, 3.05) is 6.61 Å². The first-order valence-corrected chi connectivity index (χ1v) is 4.94. The Morgan fingerprint density at radius 2 is 2.25 bits per heavy atom. The molecule has 5 heteroatoms.